The van der Waals surface area contributed by atoms with Crippen molar-refractivity contribution in [3.05, 3.63) is 21.6 Å². The van der Waals surface area contributed by atoms with Gasteiger partial charge < -0.3 is 14.8 Å². The molecule has 0 saturated carbocycles. The molecule has 1 saturated heterocycles. The van der Waals surface area contributed by atoms with Gasteiger partial charge in [-0.2, -0.15) is 5.10 Å². The Morgan fingerprint density at radius 2 is 2.26 bits per heavy atom. The third-order valence-electron chi connectivity index (χ3n) is 2.87. The third-order valence-corrected chi connectivity index (χ3v) is 3.22. The van der Waals surface area contributed by atoms with Crippen LogP contribution in [-0.4, -0.2) is 47.0 Å². The maximum absolute atomic E-state index is 12.1. The average Bonchev–Trinajstić information content (AvgIpc) is 2.45. The van der Waals surface area contributed by atoms with Crippen LogP contribution in [0, 0.1) is 0 Å². The number of halogens is 1. The molecular weight excluding hydrogens is 272 g/mol. The van der Waals surface area contributed by atoms with Crippen molar-refractivity contribution >= 4 is 23.0 Å². The molecule has 0 amide bonds. The minimum absolute atomic E-state index is 0.110. The first-order valence-corrected chi connectivity index (χ1v) is 6.27. The fourth-order valence-electron chi connectivity index (χ4n) is 1.84. The molecule has 1 aliphatic rings. The van der Waals surface area contributed by atoms with Crippen molar-refractivity contribution < 1.29 is 9.94 Å². The molecule has 1 N–H and O–H groups in total. The zero-order valence-corrected chi connectivity index (χ0v) is 11.3. The van der Waals surface area contributed by atoms with E-state index >= 15 is 0 Å². The van der Waals surface area contributed by atoms with Crippen LogP contribution in [0.2, 0.25) is 5.02 Å². The molecule has 1 aromatic heterocycles. The molecule has 19 heavy (non-hydrogen) atoms. The molecule has 2 rings (SSSR count). The predicted molar refractivity (Wildman–Crippen MR) is 71.4 cm³/mol. The number of ether oxygens (including phenoxy) is 1. The number of oxime groups is 1. The van der Waals surface area contributed by atoms with Crippen LogP contribution in [0.25, 0.3) is 0 Å². The second kappa shape index (κ2) is 6.03. The van der Waals surface area contributed by atoms with Crippen LogP contribution in [0.3, 0.4) is 0 Å². The molecule has 104 valence electrons. The highest BCUT2D eigenvalue weighted by Gasteiger charge is 2.18. The van der Waals surface area contributed by atoms with Gasteiger partial charge in [-0.15, -0.1) is 0 Å². The van der Waals surface area contributed by atoms with E-state index in [1.54, 1.807) is 13.1 Å². The van der Waals surface area contributed by atoms with E-state index in [2.05, 4.69) is 10.3 Å². The van der Waals surface area contributed by atoms with Crippen LogP contribution in [0.5, 0.6) is 0 Å². The molecule has 0 unspecified atom stereocenters. The molecule has 1 aliphatic heterocycles. The summed E-state index contributed by atoms with van der Waals surface area (Å²) < 4.78 is 6.42. The standard InChI is InChI=1S/C11H15ClN4O3/c1-8(14-18)7-16-11(17)10(12)9(6-13-16)15-2-4-19-5-3-15/h6,18H,2-5,7H2,1H3. The Morgan fingerprint density at radius 1 is 1.58 bits per heavy atom. The van der Waals surface area contributed by atoms with Crippen molar-refractivity contribution in [2.75, 3.05) is 31.2 Å². The van der Waals surface area contributed by atoms with Gasteiger partial charge in [0.25, 0.3) is 5.56 Å². The van der Waals surface area contributed by atoms with Crippen LogP contribution in [0.15, 0.2) is 16.1 Å². The molecule has 1 aromatic rings. The molecular formula is C11H15ClN4O3. The van der Waals surface area contributed by atoms with Gasteiger partial charge in [0, 0.05) is 13.1 Å². The molecule has 0 radical (unpaired) electrons. The second-order valence-electron chi connectivity index (χ2n) is 4.24. The van der Waals surface area contributed by atoms with Gasteiger partial charge >= 0.3 is 0 Å². The lowest BCUT2D eigenvalue weighted by Gasteiger charge is -2.29. The monoisotopic (exact) mass is 286 g/mol. The maximum Gasteiger partial charge on any atom is 0.288 e. The Morgan fingerprint density at radius 3 is 2.89 bits per heavy atom. The van der Waals surface area contributed by atoms with Crippen molar-refractivity contribution in [3.8, 4) is 0 Å². The SMILES string of the molecule is CC(Cn1ncc(N2CCOCC2)c(Cl)c1=O)=NO. The topological polar surface area (TPSA) is 80.0 Å². The summed E-state index contributed by atoms with van der Waals surface area (Å²) in [6.07, 6.45) is 1.56. The largest absolute Gasteiger partial charge is 0.411 e. The molecule has 0 bridgehead atoms. The van der Waals surface area contributed by atoms with E-state index in [4.69, 9.17) is 21.5 Å². The third kappa shape index (κ3) is 3.05. The first-order valence-electron chi connectivity index (χ1n) is 5.89. The van der Waals surface area contributed by atoms with Gasteiger partial charge in [0.15, 0.2) is 0 Å². The minimum atomic E-state index is -0.395. The number of morpholine rings is 1. The van der Waals surface area contributed by atoms with Crippen molar-refractivity contribution in [2.45, 2.75) is 13.5 Å². The molecule has 0 spiro atoms. The normalized spacial score (nSPS) is 16.7. The Bertz CT molecular complexity index is 537. The van der Waals surface area contributed by atoms with Crippen molar-refractivity contribution in [1.82, 2.24) is 9.78 Å². The number of aromatic nitrogens is 2. The number of nitrogens with zero attached hydrogens (tertiary/aromatic N) is 4. The Kier molecular flexibility index (Phi) is 4.39. The van der Waals surface area contributed by atoms with E-state index in [1.165, 1.54) is 4.68 Å². The van der Waals surface area contributed by atoms with E-state index in [1.807, 2.05) is 4.90 Å². The van der Waals surface area contributed by atoms with Crippen LogP contribution < -0.4 is 10.5 Å². The van der Waals surface area contributed by atoms with Gasteiger partial charge in [-0.3, -0.25) is 4.79 Å². The maximum atomic E-state index is 12.1. The van der Waals surface area contributed by atoms with Crippen LogP contribution in [-0.2, 0) is 11.3 Å². The van der Waals surface area contributed by atoms with Crippen molar-refractivity contribution in [2.24, 2.45) is 5.16 Å². The van der Waals surface area contributed by atoms with E-state index in [0.29, 0.717) is 37.7 Å². The van der Waals surface area contributed by atoms with Crippen LogP contribution in [0.1, 0.15) is 6.92 Å². The van der Waals surface area contributed by atoms with Gasteiger partial charge in [0.05, 0.1) is 37.4 Å². The fourth-order valence-corrected chi connectivity index (χ4v) is 2.11. The van der Waals surface area contributed by atoms with Gasteiger partial charge in [0.1, 0.15) is 5.02 Å². The van der Waals surface area contributed by atoms with E-state index in [9.17, 15) is 4.79 Å². The van der Waals surface area contributed by atoms with Crippen LogP contribution in [0.4, 0.5) is 5.69 Å². The van der Waals surface area contributed by atoms with E-state index in [0.717, 1.165) is 0 Å². The molecule has 0 atom stereocenters. The summed E-state index contributed by atoms with van der Waals surface area (Å²) in [5, 5.41) is 15.8. The summed E-state index contributed by atoms with van der Waals surface area (Å²) in [4.78, 5) is 14.0. The summed E-state index contributed by atoms with van der Waals surface area (Å²) in [5.41, 5.74) is 0.600. The molecule has 0 aliphatic carbocycles. The summed E-state index contributed by atoms with van der Waals surface area (Å²) in [5.74, 6) is 0. The zero-order chi connectivity index (χ0) is 13.8. The van der Waals surface area contributed by atoms with Crippen molar-refractivity contribution in [1.29, 1.82) is 0 Å². The van der Waals surface area contributed by atoms with Crippen molar-refractivity contribution in [3.63, 3.8) is 0 Å². The Balaban J connectivity index is 2.29. The first-order chi connectivity index (χ1) is 9.13. The second-order valence-corrected chi connectivity index (χ2v) is 4.62. The fraction of sp³-hybridized carbons (Fsp3) is 0.545. The Labute approximate surface area is 115 Å². The lowest BCUT2D eigenvalue weighted by molar-refractivity contribution is 0.122. The van der Waals surface area contributed by atoms with Gasteiger partial charge in [-0.05, 0) is 6.92 Å². The van der Waals surface area contributed by atoms with Crippen LogP contribution >= 0.6 is 11.6 Å². The first kappa shape index (κ1) is 13.8. The van der Waals surface area contributed by atoms with Gasteiger partial charge in [-0.1, -0.05) is 16.8 Å². The summed E-state index contributed by atoms with van der Waals surface area (Å²) >= 11 is 6.10. The number of rotatable bonds is 3. The average molecular weight is 287 g/mol. The highest BCUT2D eigenvalue weighted by molar-refractivity contribution is 6.33. The quantitative estimate of drug-likeness (QED) is 0.499. The molecule has 7 nitrogen and oxygen atoms in total. The molecule has 8 heteroatoms. The number of anilines is 1. The minimum Gasteiger partial charge on any atom is -0.411 e. The summed E-state index contributed by atoms with van der Waals surface area (Å²) in [7, 11) is 0. The highest BCUT2D eigenvalue weighted by Crippen LogP contribution is 2.21. The molecule has 2 heterocycles. The lowest BCUT2D eigenvalue weighted by Crippen LogP contribution is -2.38. The Hall–Kier alpha value is -1.60. The summed E-state index contributed by atoms with van der Waals surface area (Å²) in [6, 6.07) is 0. The van der Waals surface area contributed by atoms with Gasteiger partial charge in [0.2, 0.25) is 0 Å². The smallest absolute Gasteiger partial charge is 0.288 e. The zero-order valence-electron chi connectivity index (χ0n) is 10.5. The molecule has 1 fully saturated rings. The lowest BCUT2D eigenvalue weighted by atomic mass is 10.3. The van der Waals surface area contributed by atoms with E-state index in [-0.39, 0.29) is 11.6 Å². The molecule has 0 aromatic carbocycles. The predicted octanol–water partition coefficient (Wildman–Crippen LogP) is 0.583. The highest BCUT2D eigenvalue weighted by atomic mass is 35.5. The van der Waals surface area contributed by atoms with E-state index < -0.39 is 5.56 Å². The number of hydrogen-bond acceptors (Lipinski definition) is 6. The van der Waals surface area contributed by atoms with Gasteiger partial charge in [-0.25, -0.2) is 4.68 Å². The summed E-state index contributed by atoms with van der Waals surface area (Å²) in [6.45, 7) is 4.28. The number of hydrogen-bond donors (Lipinski definition) is 1.